The Morgan fingerprint density at radius 2 is 1.93 bits per heavy atom. The summed E-state index contributed by atoms with van der Waals surface area (Å²) < 4.78 is 23.5. The number of imide groups is 1. The van der Waals surface area contributed by atoms with Crippen LogP contribution in [0.4, 0.5) is 10.1 Å². The largest absolute Gasteiger partial charge is 0.354 e. The van der Waals surface area contributed by atoms with Gasteiger partial charge in [0.2, 0.25) is 5.91 Å². The summed E-state index contributed by atoms with van der Waals surface area (Å²) >= 11 is 1.24. The molecule has 2 heterocycles. The summed E-state index contributed by atoms with van der Waals surface area (Å²) in [5, 5.41) is 1.75. The molecule has 0 N–H and O–H groups in total. The Morgan fingerprint density at radius 3 is 2.50 bits per heavy atom. The topological polar surface area (TPSA) is 76.2 Å². The summed E-state index contributed by atoms with van der Waals surface area (Å²) in [5.74, 6) is -1.87. The first-order chi connectivity index (χ1) is 13.5. The maximum absolute atomic E-state index is 13.2. The lowest BCUT2D eigenvalue weighted by atomic mass is 10.2. The van der Waals surface area contributed by atoms with Crippen molar-refractivity contribution in [1.82, 2.24) is 4.90 Å². The number of halogens is 1. The number of rotatable bonds is 7. The van der Waals surface area contributed by atoms with Crippen molar-refractivity contribution in [3.05, 3.63) is 52.5 Å². The van der Waals surface area contributed by atoms with Crippen molar-refractivity contribution >= 4 is 34.7 Å². The van der Waals surface area contributed by atoms with Crippen LogP contribution in [0.5, 0.6) is 0 Å². The zero-order valence-electron chi connectivity index (χ0n) is 15.3. The second-order valence-corrected chi connectivity index (χ2v) is 7.05. The number of nitrogens with zero attached hydrogens (tertiary/aromatic N) is 2. The van der Waals surface area contributed by atoms with E-state index in [4.69, 9.17) is 9.47 Å². The number of amides is 3. The SMILES string of the molecule is COC(CN(C(=O)c1cccs1)C1CC(=O)N(c2ccc(F)cc2)C1=O)OC. The van der Waals surface area contributed by atoms with Gasteiger partial charge >= 0.3 is 0 Å². The van der Waals surface area contributed by atoms with Crippen LogP contribution in [0.25, 0.3) is 0 Å². The average molecular weight is 406 g/mol. The molecule has 7 nitrogen and oxygen atoms in total. The lowest BCUT2D eigenvalue weighted by Crippen LogP contribution is -2.49. The van der Waals surface area contributed by atoms with Gasteiger partial charge in [-0.3, -0.25) is 14.4 Å². The highest BCUT2D eigenvalue weighted by atomic mass is 32.1. The van der Waals surface area contributed by atoms with Crippen LogP contribution in [0.1, 0.15) is 16.1 Å². The van der Waals surface area contributed by atoms with Crippen LogP contribution in [-0.2, 0) is 19.1 Å². The van der Waals surface area contributed by atoms with Gasteiger partial charge in [0, 0.05) is 14.2 Å². The van der Waals surface area contributed by atoms with Crippen molar-refractivity contribution in [3.63, 3.8) is 0 Å². The van der Waals surface area contributed by atoms with Crippen molar-refractivity contribution in [1.29, 1.82) is 0 Å². The van der Waals surface area contributed by atoms with E-state index in [9.17, 15) is 18.8 Å². The van der Waals surface area contributed by atoms with Crippen molar-refractivity contribution in [2.24, 2.45) is 0 Å². The van der Waals surface area contributed by atoms with Crippen molar-refractivity contribution in [3.8, 4) is 0 Å². The number of carbonyl (C=O) groups excluding carboxylic acids is 3. The molecule has 28 heavy (non-hydrogen) atoms. The lowest BCUT2D eigenvalue weighted by Gasteiger charge is -2.29. The number of thiophene rings is 1. The van der Waals surface area contributed by atoms with Gasteiger partial charge in [-0.1, -0.05) is 6.07 Å². The zero-order valence-corrected chi connectivity index (χ0v) is 16.1. The van der Waals surface area contributed by atoms with Gasteiger partial charge in [0.25, 0.3) is 11.8 Å². The number of hydrogen-bond donors (Lipinski definition) is 0. The van der Waals surface area contributed by atoms with Gasteiger partial charge < -0.3 is 14.4 Å². The normalized spacial score (nSPS) is 16.9. The van der Waals surface area contributed by atoms with Gasteiger partial charge in [0.1, 0.15) is 11.9 Å². The van der Waals surface area contributed by atoms with Crippen LogP contribution in [0.2, 0.25) is 0 Å². The summed E-state index contributed by atoms with van der Waals surface area (Å²) in [6, 6.07) is 7.42. The Labute approximate surface area is 165 Å². The van der Waals surface area contributed by atoms with Crippen LogP contribution >= 0.6 is 11.3 Å². The number of benzene rings is 1. The summed E-state index contributed by atoms with van der Waals surface area (Å²) in [6.07, 6.45) is -0.931. The van der Waals surface area contributed by atoms with Gasteiger partial charge in [0.05, 0.1) is 23.5 Å². The number of hydrogen-bond acceptors (Lipinski definition) is 6. The van der Waals surface area contributed by atoms with Crippen LogP contribution in [0.15, 0.2) is 41.8 Å². The molecule has 1 aromatic carbocycles. The van der Waals surface area contributed by atoms with Crippen molar-refractivity contribution in [2.45, 2.75) is 18.8 Å². The van der Waals surface area contributed by atoms with Crippen LogP contribution in [-0.4, -0.2) is 55.7 Å². The molecule has 1 aromatic heterocycles. The third-order valence-electron chi connectivity index (χ3n) is 4.45. The van der Waals surface area contributed by atoms with Gasteiger partial charge in [-0.25, -0.2) is 9.29 Å². The van der Waals surface area contributed by atoms with Gasteiger partial charge in [0.15, 0.2) is 6.29 Å². The summed E-state index contributed by atoms with van der Waals surface area (Å²) in [5.41, 5.74) is 0.262. The fourth-order valence-corrected chi connectivity index (χ4v) is 3.70. The first-order valence-corrected chi connectivity index (χ1v) is 9.36. The quantitative estimate of drug-likeness (QED) is 0.521. The minimum absolute atomic E-state index is 0.0231. The first kappa shape index (κ1) is 20.1. The van der Waals surface area contributed by atoms with Gasteiger partial charge in [-0.05, 0) is 35.7 Å². The van der Waals surface area contributed by atoms with Gasteiger partial charge in [-0.15, -0.1) is 11.3 Å². The molecule has 9 heteroatoms. The number of ether oxygens (including phenoxy) is 2. The fraction of sp³-hybridized carbons (Fsp3) is 0.316. The van der Waals surface area contributed by atoms with Crippen LogP contribution in [0.3, 0.4) is 0 Å². The zero-order chi connectivity index (χ0) is 20.3. The minimum atomic E-state index is -1.00. The Bertz CT molecular complexity index is 852. The van der Waals surface area contributed by atoms with Gasteiger partial charge in [-0.2, -0.15) is 0 Å². The lowest BCUT2D eigenvalue weighted by molar-refractivity contribution is -0.128. The van der Waals surface area contributed by atoms with E-state index in [-0.39, 0.29) is 24.6 Å². The van der Waals surface area contributed by atoms with E-state index >= 15 is 0 Å². The molecular formula is C19H19FN2O5S. The molecule has 2 aromatic rings. The van der Waals surface area contributed by atoms with Crippen molar-refractivity contribution < 1.29 is 28.2 Å². The molecule has 0 spiro atoms. The molecular weight excluding hydrogens is 387 g/mol. The van der Waals surface area contributed by atoms with E-state index in [1.54, 1.807) is 17.5 Å². The monoisotopic (exact) mass is 406 g/mol. The fourth-order valence-electron chi connectivity index (χ4n) is 3.02. The summed E-state index contributed by atoms with van der Waals surface area (Å²) in [6.45, 7) is -0.0231. The molecule has 1 fully saturated rings. The molecule has 148 valence electrons. The van der Waals surface area contributed by atoms with E-state index < -0.39 is 30.0 Å². The maximum Gasteiger partial charge on any atom is 0.264 e. The molecule has 1 aliphatic heterocycles. The Morgan fingerprint density at radius 1 is 1.25 bits per heavy atom. The van der Waals surface area contributed by atoms with Crippen molar-refractivity contribution in [2.75, 3.05) is 25.7 Å². The third-order valence-corrected chi connectivity index (χ3v) is 5.31. The molecule has 1 saturated heterocycles. The Balaban J connectivity index is 1.91. The number of carbonyl (C=O) groups is 3. The molecule has 0 saturated carbocycles. The Hall–Kier alpha value is -2.62. The smallest absolute Gasteiger partial charge is 0.264 e. The molecule has 0 bridgehead atoms. The van der Waals surface area contributed by atoms with E-state index in [0.29, 0.717) is 4.88 Å². The van der Waals surface area contributed by atoms with E-state index in [1.807, 2.05) is 0 Å². The standard InChI is InChI=1S/C19H19FN2O5S/c1-26-17(27-2)11-21(19(25)15-4-3-9-28-15)14-10-16(23)22(18(14)24)13-7-5-12(20)6-8-13/h3-9,14,17H,10-11H2,1-2H3. The highest BCUT2D eigenvalue weighted by molar-refractivity contribution is 7.12. The second kappa shape index (κ2) is 8.59. The first-order valence-electron chi connectivity index (χ1n) is 8.48. The number of methoxy groups -OCH3 is 2. The summed E-state index contributed by atoms with van der Waals surface area (Å²) in [4.78, 5) is 41.3. The van der Waals surface area contributed by atoms with E-state index in [2.05, 4.69) is 0 Å². The van der Waals surface area contributed by atoms with Crippen LogP contribution in [0, 0.1) is 5.82 Å². The van der Waals surface area contributed by atoms with Crippen LogP contribution < -0.4 is 4.90 Å². The molecule has 0 aliphatic carbocycles. The maximum atomic E-state index is 13.2. The molecule has 1 unspecified atom stereocenters. The average Bonchev–Trinajstić information content (AvgIpc) is 3.32. The highest BCUT2D eigenvalue weighted by Crippen LogP contribution is 2.28. The molecule has 3 rings (SSSR count). The third kappa shape index (κ3) is 3.96. The molecule has 1 aliphatic rings. The molecule has 3 amide bonds. The minimum Gasteiger partial charge on any atom is -0.354 e. The van der Waals surface area contributed by atoms with E-state index in [1.165, 1.54) is 54.7 Å². The Kier molecular flexibility index (Phi) is 6.18. The second-order valence-electron chi connectivity index (χ2n) is 6.10. The number of anilines is 1. The molecule has 1 atom stereocenters. The highest BCUT2D eigenvalue weighted by Gasteiger charge is 2.45. The predicted octanol–water partition coefficient (Wildman–Crippen LogP) is 2.28. The predicted molar refractivity (Wildman–Crippen MR) is 100 cm³/mol. The molecule has 0 radical (unpaired) electrons. The summed E-state index contributed by atoms with van der Waals surface area (Å²) in [7, 11) is 2.85. The van der Waals surface area contributed by atoms with E-state index in [0.717, 1.165) is 4.90 Å².